The number of pyridine rings is 1. The van der Waals surface area contributed by atoms with E-state index in [0.717, 1.165) is 54.6 Å². The van der Waals surface area contributed by atoms with Gasteiger partial charge in [-0.1, -0.05) is 24.3 Å². The summed E-state index contributed by atoms with van der Waals surface area (Å²) in [5.41, 5.74) is 4.50. The van der Waals surface area contributed by atoms with E-state index in [4.69, 9.17) is 0 Å². The van der Waals surface area contributed by atoms with Crippen molar-refractivity contribution >= 4 is 16.8 Å². The van der Waals surface area contributed by atoms with Gasteiger partial charge in [0, 0.05) is 48.1 Å². The number of aromatic nitrogens is 2. The molecule has 0 bridgehead atoms. The van der Waals surface area contributed by atoms with Gasteiger partial charge in [0.25, 0.3) is 0 Å². The number of nitrogens with one attached hydrogen (secondary N) is 2. The van der Waals surface area contributed by atoms with Gasteiger partial charge >= 0.3 is 0 Å². The largest absolute Gasteiger partial charge is 0.358 e. The Morgan fingerprint density at radius 1 is 1.30 bits per heavy atom. The number of carbonyl (C=O) groups is 1. The van der Waals surface area contributed by atoms with Crippen LogP contribution in [0.5, 0.6) is 0 Å². The molecular weight excluding hydrogens is 336 g/mol. The summed E-state index contributed by atoms with van der Waals surface area (Å²) >= 11 is 0. The summed E-state index contributed by atoms with van der Waals surface area (Å²) in [5, 5.41) is 4.40. The Balaban J connectivity index is 1.37. The molecule has 1 fully saturated rings. The number of aryl methyl sites for hydroxylation is 1. The summed E-state index contributed by atoms with van der Waals surface area (Å²) in [6.45, 7) is 4.90. The highest BCUT2D eigenvalue weighted by Gasteiger charge is 2.22. The van der Waals surface area contributed by atoms with Crippen molar-refractivity contribution in [2.75, 3.05) is 13.1 Å². The lowest BCUT2D eigenvalue weighted by Gasteiger charge is -2.33. The molecule has 0 aliphatic carbocycles. The van der Waals surface area contributed by atoms with E-state index in [1.807, 2.05) is 31.3 Å². The molecule has 140 valence electrons. The van der Waals surface area contributed by atoms with Gasteiger partial charge in [-0.3, -0.25) is 14.7 Å². The summed E-state index contributed by atoms with van der Waals surface area (Å²) in [4.78, 5) is 22.7. The number of hydrogen-bond acceptors (Lipinski definition) is 3. The van der Waals surface area contributed by atoms with Crippen LogP contribution < -0.4 is 5.32 Å². The zero-order valence-electron chi connectivity index (χ0n) is 15.7. The van der Waals surface area contributed by atoms with E-state index in [9.17, 15) is 4.79 Å². The van der Waals surface area contributed by atoms with Crippen molar-refractivity contribution in [1.82, 2.24) is 20.2 Å². The normalized spacial score (nSPS) is 17.9. The molecule has 5 heteroatoms. The molecule has 2 aromatic heterocycles. The molecule has 1 aliphatic rings. The highest BCUT2D eigenvalue weighted by Crippen LogP contribution is 2.22. The Bertz CT molecular complexity index is 918. The van der Waals surface area contributed by atoms with Crippen LogP contribution in [-0.4, -0.2) is 39.9 Å². The number of likely N-dealkylation sites (tertiary alicyclic amines) is 1. The number of rotatable bonds is 5. The number of H-pyrrole nitrogens is 1. The van der Waals surface area contributed by atoms with Gasteiger partial charge in [0.2, 0.25) is 5.91 Å². The predicted molar refractivity (Wildman–Crippen MR) is 107 cm³/mol. The number of para-hydroxylation sites is 1. The van der Waals surface area contributed by atoms with Gasteiger partial charge in [-0.15, -0.1) is 0 Å². The third kappa shape index (κ3) is 4.19. The van der Waals surface area contributed by atoms with Gasteiger partial charge in [-0.2, -0.15) is 0 Å². The van der Waals surface area contributed by atoms with E-state index in [0.29, 0.717) is 6.42 Å². The topological polar surface area (TPSA) is 61.0 Å². The van der Waals surface area contributed by atoms with E-state index in [2.05, 4.69) is 38.4 Å². The van der Waals surface area contributed by atoms with Crippen molar-refractivity contribution in [2.24, 2.45) is 0 Å². The third-order valence-corrected chi connectivity index (χ3v) is 5.36. The number of nitrogens with zero attached hydrogens (tertiary/aromatic N) is 2. The Hall–Kier alpha value is -2.66. The van der Waals surface area contributed by atoms with Gasteiger partial charge in [0.1, 0.15) is 0 Å². The lowest BCUT2D eigenvalue weighted by molar-refractivity contribution is -0.121. The fraction of sp³-hybridized carbons (Fsp3) is 0.364. The number of amides is 1. The number of benzene rings is 1. The first-order chi connectivity index (χ1) is 13.2. The smallest absolute Gasteiger partial charge is 0.224 e. The molecule has 5 nitrogen and oxygen atoms in total. The van der Waals surface area contributed by atoms with Crippen LogP contribution in [-0.2, 0) is 17.8 Å². The minimum absolute atomic E-state index is 0.107. The average molecular weight is 362 g/mol. The van der Waals surface area contributed by atoms with Crippen LogP contribution in [0.3, 0.4) is 0 Å². The second-order valence-corrected chi connectivity index (χ2v) is 7.45. The zero-order valence-corrected chi connectivity index (χ0v) is 15.7. The molecule has 1 aromatic carbocycles. The molecular formula is C22H26N4O. The first-order valence-electron chi connectivity index (χ1n) is 9.66. The number of piperidine rings is 1. The highest BCUT2D eigenvalue weighted by molar-refractivity contribution is 5.90. The molecule has 27 heavy (non-hydrogen) atoms. The molecule has 3 aromatic rings. The van der Waals surface area contributed by atoms with E-state index >= 15 is 0 Å². The Kier molecular flexibility index (Phi) is 5.21. The van der Waals surface area contributed by atoms with Crippen molar-refractivity contribution in [1.29, 1.82) is 0 Å². The van der Waals surface area contributed by atoms with E-state index < -0.39 is 0 Å². The molecule has 1 saturated heterocycles. The maximum Gasteiger partial charge on any atom is 0.224 e. The second-order valence-electron chi connectivity index (χ2n) is 7.45. The predicted octanol–water partition coefficient (Wildman–Crippen LogP) is 3.19. The van der Waals surface area contributed by atoms with Crippen LogP contribution >= 0.6 is 0 Å². The first-order valence-corrected chi connectivity index (χ1v) is 9.66. The molecule has 3 heterocycles. The molecule has 0 saturated carbocycles. The summed E-state index contributed by atoms with van der Waals surface area (Å²) < 4.78 is 0. The van der Waals surface area contributed by atoms with Gasteiger partial charge in [-0.25, -0.2) is 0 Å². The minimum Gasteiger partial charge on any atom is -0.358 e. The molecule has 0 radical (unpaired) electrons. The van der Waals surface area contributed by atoms with E-state index in [1.165, 1.54) is 5.56 Å². The standard InChI is InChI=1S/C22H26N4O/c1-16-20(19-8-2-3-9-21(19)24-16)12-22(27)25-18-7-5-11-26(15-18)14-17-6-4-10-23-13-17/h2-4,6,8-10,13,18,24H,5,7,11-12,14-15H2,1H3,(H,25,27)/t18-/m0/s1. The lowest BCUT2D eigenvalue weighted by atomic mass is 10.0. The van der Waals surface area contributed by atoms with Crippen LogP contribution in [0.2, 0.25) is 0 Å². The van der Waals surface area contributed by atoms with Gasteiger partial charge in [0.15, 0.2) is 0 Å². The SMILES string of the molecule is Cc1[nH]c2ccccc2c1CC(=O)N[C@H]1CCCN(Cc2cccnc2)C1. The molecule has 1 atom stereocenters. The van der Waals surface area contributed by atoms with Crippen molar-refractivity contribution in [3.8, 4) is 0 Å². The molecule has 2 N–H and O–H groups in total. The summed E-state index contributed by atoms with van der Waals surface area (Å²) in [5.74, 6) is 0.107. The summed E-state index contributed by atoms with van der Waals surface area (Å²) in [7, 11) is 0. The van der Waals surface area contributed by atoms with Crippen LogP contribution in [0.1, 0.15) is 29.7 Å². The third-order valence-electron chi connectivity index (χ3n) is 5.36. The number of carbonyl (C=O) groups excluding carboxylic acids is 1. The van der Waals surface area contributed by atoms with Crippen LogP contribution in [0.4, 0.5) is 0 Å². The molecule has 0 spiro atoms. The van der Waals surface area contributed by atoms with Crippen molar-refractivity contribution in [3.63, 3.8) is 0 Å². The Morgan fingerprint density at radius 2 is 2.19 bits per heavy atom. The molecule has 1 amide bonds. The van der Waals surface area contributed by atoms with E-state index in [1.54, 1.807) is 6.20 Å². The van der Waals surface area contributed by atoms with Crippen LogP contribution in [0, 0.1) is 6.92 Å². The second kappa shape index (κ2) is 7.92. The quantitative estimate of drug-likeness (QED) is 0.733. The van der Waals surface area contributed by atoms with Gasteiger partial charge < -0.3 is 10.3 Å². The molecule has 0 unspecified atom stereocenters. The number of hydrogen-bond donors (Lipinski definition) is 2. The van der Waals surface area contributed by atoms with Crippen LogP contribution in [0.15, 0.2) is 48.8 Å². The Labute approximate surface area is 159 Å². The lowest BCUT2D eigenvalue weighted by Crippen LogP contribution is -2.47. The first kappa shape index (κ1) is 17.7. The summed E-state index contributed by atoms with van der Waals surface area (Å²) in [6.07, 6.45) is 6.30. The zero-order chi connectivity index (χ0) is 18.6. The monoisotopic (exact) mass is 362 g/mol. The summed E-state index contributed by atoms with van der Waals surface area (Å²) in [6, 6.07) is 12.5. The fourth-order valence-electron chi connectivity index (χ4n) is 4.07. The maximum absolute atomic E-state index is 12.7. The molecule has 1 aliphatic heterocycles. The van der Waals surface area contributed by atoms with Crippen LogP contribution in [0.25, 0.3) is 10.9 Å². The van der Waals surface area contributed by atoms with Crippen molar-refractivity contribution in [2.45, 2.75) is 38.8 Å². The number of aromatic amines is 1. The van der Waals surface area contributed by atoms with E-state index in [-0.39, 0.29) is 11.9 Å². The van der Waals surface area contributed by atoms with Gasteiger partial charge in [-0.05, 0) is 49.6 Å². The maximum atomic E-state index is 12.7. The highest BCUT2D eigenvalue weighted by atomic mass is 16.1. The fourth-order valence-corrected chi connectivity index (χ4v) is 4.07. The van der Waals surface area contributed by atoms with Crippen molar-refractivity contribution < 1.29 is 4.79 Å². The average Bonchev–Trinajstić information content (AvgIpc) is 2.98. The number of fused-ring (bicyclic) bond motifs is 1. The van der Waals surface area contributed by atoms with Crippen molar-refractivity contribution in [3.05, 3.63) is 65.6 Å². The van der Waals surface area contributed by atoms with Gasteiger partial charge in [0.05, 0.1) is 6.42 Å². The Morgan fingerprint density at radius 3 is 3.04 bits per heavy atom. The molecule has 4 rings (SSSR count). The minimum atomic E-state index is 0.107.